The molecule has 4 N–H and O–H groups in total. The molecular formula is C38H57Br2N5S3. The van der Waals surface area contributed by atoms with Crippen LogP contribution < -0.4 is 0 Å². The Kier molecular flexibility index (Phi) is 15.4. The molecule has 266 valence electrons. The van der Waals surface area contributed by atoms with Crippen molar-refractivity contribution in [3.05, 3.63) is 30.8 Å². The van der Waals surface area contributed by atoms with Crippen LogP contribution in [0, 0.1) is 5.92 Å². The van der Waals surface area contributed by atoms with E-state index in [4.69, 9.17) is 0 Å². The van der Waals surface area contributed by atoms with Gasteiger partial charge in [-0.15, -0.1) is 22.7 Å². The van der Waals surface area contributed by atoms with E-state index < -0.39 is 0 Å². The molecule has 0 amide bonds. The van der Waals surface area contributed by atoms with Crippen molar-refractivity contribution in [1.29, 1.82) is 0 Å². The van der Waals surface area contributed by atoms with E-state index in [9.17, 15) is 0 Å². The molecule has 0 saturated heterocycles. The highest BCUT2D eigenvalue weighted by atomic mass is 79.9. The lowest BCUT2D eigenvalue weighted by Gasteiger charge is -2.14. The Hall–Kier alpha value is -1.20. The number of hydrogen-bond donors (Lipinski definition) is 4. The van der Waals surface area contributed by atoms with Gasteiger partial charge in [0.15, 0.2) is 0 Å². The average molecular weight is 840 g/mol. The van der Waals surface area contributed by atoms with Gasteiger partial charge >= 0.3 is 0 Å². The second-order valence-electron chi connectivity index (χ2n) is 13.7. The minimum Gasteiger partial charge on any atom is -0.294 e. The number of H-pyrrole nitrogens is 4. The molecule has 0 spiro atoms. The number of rotatable bonds is 22. The highest BCUT2D eigenvalue weighted by Crippen LogP contribution is 2.47. The Balaban J connectivity index is 1.53. The normalized spacial score (nSPS) is 12.6. The fourth-order valence-electron chi connectivity index (χ4n) is 6.95. The molecule has 10 heteroatoms. The summed E-state index contributed by atoms with van der Waals surface area (Å²) in [5.41, 5.74) is 10.1. The third-order valence-electron chi connectivity index (χ3n) is 9.89. The van der Waals surface area contributed by atoms with Crippen molar-refractivity contribution in [2.45, 2.75) is 150 Å². The van der Waals surface area contributed by atoms with Crippen LogP contribution >= 0.6 is 66.3 Å². The van der Waals surface area contributed by atoms with Crippen molar-refractivity contribution in [2.24, 2.45) is 5.92 Å². The summed E-state index contributed by atoms with van der Waals surface area (Å²) in [6.07, 6.45) is 23.1. The van der Waals surface area contributed by atoms with Gasteiger partial charge in [0.2, 0.25) is 0 Å². The second kappa shape index (κ2) is 19.4. The van der Waals surface area contributed by atoms with Crippen LogP contribution in [-0.4, -0.2) is 23.7 Å². The second-order valence-corrected chi connectivity index (χ2v) is 19.0. The van der Waals surface area contributed by atoms with Crippen LogP contribution in [0.5, 0.6) is 0 Å². The standard InChI is InChI=1S/C38H57Br2N5S3/c1-5-9-12-14-16-18-21-27-23-29(46-37(27)39)31-33-34(42-45(41-33)25-26(8-4)20-11-7-3)32(36-35(31)43-48-44-36)30-24-28(38(40)47-30)22-19-17-15-13-10-6-2/h23-24,26,41-44H,5-22,25H2,1-4H3. The third-order valence-corrected chi connectivity index (χ3v) is 14.5. The summed E-state index contributed by atoms with van der Waals surface area (Å²) in [6.45, 7) is 10.2. The van der Waals surface area contributed by atoms with Crippen LogP contribution in [0.15, 0.2) is 19.7 Å². The van der Waals surface area contributed by atoms with Crippen LogP contribution in [0.1, 0.15) is 142 Å². The molecule has 1 unspecified atom stereocenters. The number of thiophene rings is 2. The highest BCUT2D eigenvalue weighted by molar-refractivity contribution is 9.11. The van der Waals surface area contributed by atoms with E-state index in [2.05, 4.69) is 95.4 Å². The summed E-state index contributed by atoms with van der Waals surface area (Å²) >= 11 is 13.3. The molecule has 4 heterocycles. The molecule has 0 radical (unpaired) electrons. The summed E-state index contributed by atoms with van der Waals surface area (Å²) in [6, 6.07) is 4.89. The van der Waals surface area contributed by atoms with E-state index in [1.807, 2.05) is 22.7 Å². The number of nitrogens with zero attached hydrogens (tertiary/aromatic N) is 1. The number of nitrogens with one attached hydrogen (secondary N) is 4. The molecule has 0 fully saturated rings. The van der Waals surface area contributed by atoms with Gasteiger partial charge in [0.1, 0.15) is 0 Å². The third kappa shape index (κ3) is 9.56. The predicted octanol–water partition coefficient (Wildman–Crippen LogP) is 15.3. The first-order chi connectivity index (χ1) is 23.5. The summed E-state index contributed by atoms with van der Waals surface area (Å²) < 4.78 is 9.91. The van der Waals surface area contributed by atoms with Gasteiger partial charge in [-0.2, -0.15) is 0 Å². The molecule has 0 aliphatic rings. The van der Waals surface area contributed by atoms with E-state index in [1.165, 1.54) is 164 Å². The van der Waals surface area contributed by atoms with Crippen LogP contribution in [0.4, 0.5) is 0 Å². The molecule has 1 atom stereocenters. The summed E-state index contributed by atoms with van der Waals surface area (Å²) in [5, 5.41) is 7.79. The van der Waals surface area contributed by atoms with E-state index in [0.29, 0.717) is 5.92 Å². The highest BCUT2D eigenvalue weighted by Gasteiger charge is 2.25. The van der Waals surface area contributed by atoms with Crippen LogP contribution in [0.3, 0.4) is 0 Å². The molecule has 0 saturated carbocycles. The minimum atomic E-state index is 0.643. The van der Waals surface area contributed by atoms with Gasteiger partial charge < -0.3 is 0 Å². The number of hydrogen-bond acceptors (Lipinski definition) is 3. The van der Waals surface area contributed by atoms with Crippen molar-refractivity contribution >= 4 is 88.3 Å². The van der Waals surface area contributed by atoms with Crippen molar-refractivity contribution in [3.8, 4) is 20.9 Å². The van der Waals surface area contributed by atoms with Gasteiger partial charge in [0, 0.05) is 32.6 Å². The first kappa shape index (κ1) is 38.0. The predicted molar refractivity (Wildman–Crippen MR) is 222 cm³/mol. The average Bonchev–Trinajstić information content (AvgIpc) is 3.88. The number of unbranched alkanes of at least 4 members (excludes halogenated alkanes) is 11. The maximum absolute atomic E-state index is 3.97. The van der Waals surface area contributed by atoms with Crippen molar-refractivity contribution < 1.29 is 0 Å². The molecule has 5 nitrogen and oxygen atoms in total. The van der Waals surface area contributed by atoms with Gasteiger partial charge in [-0.1, -0.05) is 111 Å². The summed E-state index contributed by atoms with van der Waals surface area (Å²) in [7, 11) is 0. The van der Waals surface area contributed by atoms with E-state index in [-0.39, 0.29) is 0 Å². The molecule has 48 heavy (non-hydrogen) atoms. The Morgan fingerprint density at radius 1 is 0.604 bits per heavy atom. The summed E-state index contributed by atoms with van der Waals surface area (Å²) in [4.78, 5) is 4.89. The van der Waals surface area contributed by atoms with Gasteiger partial charge in [0.25, 0.3) is 0 Å². The van der Waals surface area contributed by atoms with Crippen molar-refractivity contribution in [1.82, 2.24) is 23.7 Å². The lowest BCUT2D eigenvalue weighted by molar-refractivity contribution is 0.351. The molecule has 0 bridgehead atoms. The fourth-order valence-corrected chi connectivity index (χ4v) is 11.3. The zero-order valence-electron chi connectivity index (χ0n) is 29.6. The Labute approximate surface area is 317 Å². The Bertz CT molecular complexity index is 1610. The number of halogens is 2. The maximum atomic E-state index is 3.97. The minimum absolute atomic E-state index is 0.643. The molecule has 0 aliphatic carbocycles. The number of aryl methyl sites for hydroxylation is 2. The van der Waals surface area contributed by atoms with Crippen LogP contribution in [0.2, 0.25) is 0 Å². The number of aromatic nitrogens is 5. The van der Waals surface area contributed by atoms with Gasteiger partial charge in [-0.3, -0.25) is 18.9 Å². The van der Waals surface area contributed by atoms with Gasteiger partial charge in [-0.25, -0.2) is 4.80 Å². The monoisotopic (exact) mass is 837 g/mol. The van der Waals surface area contributed by atoms with Crippen LogP contribution in [-0.2, 0) is 19.4 Å². The first-order valence-electron chi connectivity index (χ1n) is 18.8. The molecular weight excluding hydrogens is 782 g/mol. The lowest BCUT2D eigenvalue weighted by Crippen LogP contribution is -2.12. The zero-order valence-corrected chi connectivity index (χ0v) is 35.2. The number of benzene rings is 1. The first-order valence-corrected chi connectivity index (χ1v) is 22.8. The Morgan fingerprint density at radius 2 is 1.06 bits per heavy atom. The topological polar surface area (TPSA) is 68.1 Å². The largest absolute Gasteiger partial charge is 0.294 e. The number of fused-ring (bicyclic) bond motifs is 2. The van der Waals surface area contributed by atoms with Crippen molar-refractivity contribution in [2.75, 3.05) is 0 Å². The van der Waals surface area contributed by atoms with E-state index >= 15 is 0 Å². The molecule has 0 aliphatic heterocycles. The van der Waals surface area contributed by atoms with Gasteiger partial charge in [0.05, 0.1) is 36.2 Å². The molecule has 1 aromatic carbocycles. The lowest BCUT2D eigenvalue weighted by atomic mass is 10.00. The van der Waals surface area contributed by atoms with Crippen molar-refractivity contribution in [3.63, 3.8) is 0 Å². The molecule has 5 rings (SSSR count). The summed E-state index contributed by atoms with van der Waals surface area (Å²) in [5.74, 6) is 0.643. The number of aromatic amines is 4. The molecule has 5 aromatic rings. The molecule has 4 aromatic heterocycles. The van der Waals surface area contributed by atoms with Crippen LogP contribution in [0.25, 0.3) is 42.9 Å². The zero-order chi connectivity index (χ0) is 33.9. The van der Waals surface area contributed by atoms with E-state index in [1.54, 1.807) is 11.7 Å². The SMILES string of the molecule is CCCCCCCCc1cc(-c2c3[nH]s[nH]c3c(-c3cc(CCCCCCCC)c(Br)s3)c3[nH]n(CC(CC)CCCC)[nH]c23)sc1Br. The smallest absolute Gasteiger partial charge is 0.0923 e. The van der Waals surface area contributed by atoms with E-state index in [0.717, 1.165) is 19.4 Å². The Morgan fingerprint density at radius 3 is 1.52 bits per heavy atom. The van der Waals surface area contributed by atoms with Gasteiger partial charge in [-0.05, 0) is 93.1 Å². The maximum Gasteiger partial charge on any atom is 0.0923 e. The quantitative estimate of drug-likeness (QED) is 0.0502. The fraction of sp³-hybridized carbons (Fsp3) is 0.632.